The molecule has 0 atom stereocenters. The summed E-state index contributed by atoms with van der Waals surface area (Å²) in [6.45, 7) is 4.44. The van der Waals surface area contributed by atoms with Crippen LogP contribution in [0.4, 0.5) is 10.5 Å². The Labute approximate surface area is 159 Å². The molecule has 1 aromatic rings. The van der Waals surface area contributed by atoms with Crippen LogP contribution < -0.4 is 4.90 Å². The van der Waals surface area contributed by atoms with Gasteiger partial charge in [0.15, 0.2) is 0 Å². The normalized spacial score (nSPS) is 17.4. The van der Waals surface area contributed by atoms with Crippen LogP contribution in [0.1, 0.15) is 30.9 Å². The van der Waals surface area contributed by atoms with Crippen molar-refractivity contribution in [1.29, 1.82) is 0 Å². The van der Waals surface area contributed by atoms with Crippen LogP contribution in [0.2, 0.25) is 0 Å². The number of aryl methyl sites for hydroxylation is 1. The molecule has 0 bridgehead atoms. The van der Waals surface area contributed by atoms with E-state index in [1.165, 1.54) is 0 Å². The molecule has 3 rings (SSSR count). The van der Waals surface area contributed by atoms with Gasteiger partial charge in [-0.05, 0) is 37.0 Å². The average molecular weight is 373 g/mol. The number of amides is 3. The number of nitrogens with zero attached hydrogens (tertiary/aromatic N) is 3. The van der Waals surface area contributed by atoms with E-state index in [-0.39, 0.29) is 17.9 Å². The van der Waals surface area contributed by atoms with E-state index in [2.05, 4.69) is 0 Å². The fraction of sp³-hybridized carbons (Fsp3) is 0.550. The van der Waals surface area contributed by atoms with Crippen molar-refractivity contribution in [2.24, 2.45) is 0 Å². The van der Waals surface area contributed by atoms with E-state index in [4.69, 9.17) is 4.74 Å². The summed E-state index contributed by atoms with van der Waals surface area (Å²) in [5.41, 5.74) is 3.02. The number of carbonyl (C=O) groups is 3. The Kier molecular flexibility index (Phi) is 5.98. The number of benzene rings is 1. The molecular formula is C20H27N3O4. The maximum atomic E-state index is 12.7. The van der Waals surface area contributed by atoms with Gasteiger partial charge in [0.25, 0.3) is 0 Å². The maximum absolute atomic E-state index is 12.7. The van der Waals surface area contributed by atoms with Crippen LogP contribution in [0.15, 0.2) is 18.2 Å². The summed E-state index contributed by atoms with van der Waals surface area (Å²) in [6.07, 6.45) is 2.02. The van der Waals surface area contributed by atoms with Crippen LogP contribution in [0.5, 0.6) is 0 Å². The van der Waals surface area contributed by atoms with Gasteiger partial charge in [0.1, 0.15) is 0 Å². The van der Waals surface area contributed by atoms with Gasteiger partial charge in [-0.25, -0.2) is 4.79 Å². The van der Waals surface area contributed by atoms with Crippen molar-refractivity contribution in [2.45, 2.75) is 32.6 Å². The summed E-state index contributed by atoms with van der Waals surface area (Å²) >= 11 is 0. The number of hydrogen-bond donors (Lipinski definition) is 0. The summed E-state index contributed by atoms with van der Waals surface area (Å²) < 4.78 is 5.05. The Hall–Kier alpha value is -2.57. The Morgan fingerprint density at radius 2 is 1.81 bits per heavy atom. The van der Waals surface area contributed by atoms with Crippen LogP contribution in [0, 0.1) is 0 Å². The Bertz CT molecular complexity index is 734. The van der Waals surface area contributed by atoms with Gasteiger partial charge in [-0.1, -0.05) is 12.1 Å². The highest BCUT2D eigenvalue weighted by Gasteiger charge is 2.24. The summed E-state index contributed by atoms with van der Waals surface area (Å²) in [7, 11) is 1.79. The lowest BCUT2D eigenvalue weighted by Crippen LogP contribution is -2.38. The topological polar surface area (TPSA) is 70.2 Å². The van der Waals surface area contributed by atoms with Crippen molar-refractivity contribution < 1.29 is 19.1 Å². The zero-order valence-corrected chi connectivity index (χ0v) is 16.1. The molecule has 0 N–H and O–H groups in total. The summed E-state index contributed by atoms with van der Waals surface area (Å²) in [5, 5.41) is 0. The molecule has 1 saturated heterocycles. The van der Waals surface area contributed by atoms with E-state index in [1.54, 1.807) is 23.8 Å². The predicted octanol–water partition coefficient (Wildman–Crippen LogP) is 1.83. The van der Waals surface area contributed by atoms with E-state index in [1.807, 2.05) is 23.1 Å². The molecule has 27 heavy (non-hydrogen) atoms. The molecule has 7 nitrogen and oxygen atoms in total. The Morgan fingerprint density at radius 3 is 2.59 bits per heavy atom. The number of anilines is 1. The molecule has 0 spiro atoms. The highest BCUT2D eigenvalue weighted by atomic mass is 16.6. The summed E-state index contributed by atoms with van der Waals surface area (Å²) in [5.74, 6) is 0.197. The average Bonchev–Trinajstić information content (AvgIpc) is 2.91. The fourth-order valence-corrected chi connectivity index (χ4v) is 3.67. The minimum Gasteiger partial charge on any atom is -0.450 e. The second kappa shape index (κ2) is 8.41. The van der Waals surface area contributed by atoms with E-state index in [0.717, 1.165) is 29.7 Å². The van der Waals surface area contributed by atoms with Gasteiger partial charge in [0.2, 0.25) is 11.8 Å². The van der Waals surface area contributed by atoms with Gasteiger partial charge in [-0.2, -0.15) is 0 Å². The monoisotopic (exact) mass is 373 g/mol. The van der Waals surface area contributed by atoms with E-state index in [0.29, 0.717) is 45.6 Å². The van der Waals surface area contributed by atoms with Crippen molar-refractivity contribution in [3.05, 3.63) is 29.3 Å². The number of carbonyl (C=O) groups excluding carboxylic acids is 3. The third-order valence-electron chi connectivity index (χ3n) is 5.22. The summed E-state index contributed by atoms with van der Waals surface area (Å²) in [6, 6.07) is 5.90. The highest BCUT2D eigenvalue weighted by Crippen LogP contribution is 2.27. The molecule has 2 aliphatic rings. The second-order valence-corrected chi connectivity index (χ2v) is 7.01. The molecule has 7 heteroatoms. The quantitative estimate of drug-likeness (QED) is 0.811. The van der Waals surface area contributed by atoms with Gasteiger partial charge in [-0.15, -0.1) is 0 Å². The lowest BCUT2D eigenvalue weighted by atomic mass is 9.98. The molecular weight excluding hydrogens is 346 g/mol. The largest absolute Gasteiger partial charge is 0.450 e. The smallest absolute Gasteiger partial charge is 0.409 e. The molecule has 0 unspecified atom stereocenters. The standard InChI is InChI=1S/C20H27N3O4/c1-3-27-20(26)23-10-4-9-22(11-12-23)19(25)14-15-5-7-17-16(13-15)6-8-18(24)21(17)2/h5,7,13H,3-4,6,8-12,14H2,1-2H3. The number of hydrogen-bond acceptors (Lipinski definition) is 4. The molecule has 2 heterocycles. The minimum atomic E-state index is -0.305. The third-order valence-corrected chi connectivity index (χ3v) is 5.22. The van der Waals surface area contributed by atoms with Gasteiger partial charge < -0.3 is 19.4 Å². The van der Waals surface area contributed by atoms with E-state index in [9.17, 15) is 14.4 Å². The predicted molar refractivity (Wildman–Crippen MR) is 102 cm³/mol. The van der Waals surface area contributed by atoms with Crippen LogP contribution in [0.25, 0.3) is 0 Å². The van der Waals surface area contributed by atoms with Crippen molar-refractivity contribution in [3.63, 3.8) is 0 Å². The molecule has 2 aliphatic heterocycles. The first kappa shape index (κ1) is 19.2. The second-order valence-electron chi connectivity index (χ2n) is 7.01. The van der Waals surface area contributed by atoms with Crippen LogP contribution in [0.3, 0.4) is 0 Å². The van der Waals surface area contributed by atoms with Crippen LogP contribution >= 0.6 is 0 Å². The molecule has 0 radical (unpaired) electrons. The van der Waals surface area contributed by atoms with Gasteiger partial charge in [0.05, 0.1) is 13.0 Å². The lowest BCUT2D eigenvalue weighted by molar-refractivity contribution is -0.130. The first-order chi connectivity index (χ1) is 13.0. The van der Waals surface area contributed by atoms with Crippen molar-refractivity contribution >= 4 is 23.6 Å². The van der Waals surface area contributed by atoms with Gasteiger partial charge in [-0.3, -0.25) is 9.59 Å². The van der Waals surface area contributed by atoms with Crippen molar-refractivity contribution in [2.75, 3.05) is 44.7 Å². The molecule has 3 amide bonds. The van der Waals surface area contributed by atoms with Gasteiger partial charge in [0, 0.05) is 45.3 Å². The Balaban J connectivity index is 1.61. The maximum Gasteiger partial charge on any atom is 0.409 e. The molecule has 0 aromatic heterocycles. The lowest BCUT2D eigenvalue weighted by Gasteiger charge is -2.26. The molecule has 146 valence electrons. The molecule has 0 aliphatic carbocycles. The number of rotatable bonds is 3. The first-order valence-electron chi connectivity index (χ1n) is 9.57. The zero-order valence-electron chi connectivity index (χ0n) is 16.1. The molecule has 0 saturated carbocycles. The summed E-state index contributed by atoms with van der Waals surface area (Å²) in [4.78, 5) is 41.6. The fourth-order valence-electron chi connectivity index (χ4n) is 3.67. The highest BCUT2D eigenvalue weighted by molar-refractivity contribution is 5.96. The van der Waals surface area contributed by atoms with E-state index < -0.39 is 0 Å². The van der Waals surface area contributed by atoms with Crippen molar-refractivity contribution in [3.8, 4) is 0 Å². The zero-order chi connectivity index (χ0) is 19.4. The first-order valence-corrected chi connectivity index (χ1v) is 9.57. The number of fused-ring (bicyclic) bond motifs is 1. The Morgan fingerprint density at radius 1 is 1.07 bits per heavy atom. The minimum absolute atomic E-state index is 0.0703. The molecule has 1 aromatic carbocycles. The molecule has 1 fully saturated rings. The van der Waals surface area contributed by atoms with E-state index >= 15 is 0 Å². The third kappa shape index (κ3) is 4.40. The van der Waals surface area contributed by atoms with Crippen LogP contribution in [-0.2, 0) is 27.2 Å². The van der Waals surface area contributed by atoms with Crippen molar-refractivity contribution in [1.82, 2.24) is 9.80 Å². The van der Waals surface area contributed by atoms with Crippen LogP contribution in [-0.4, -0.2) is 67.5 Å². The number of ether oxygens (including phenoxy) is 1. The SMILES string of the molecule is CCOC(=O)N1CCCN(C(=O)Cc2ccc3c(c2)CCC(=O)N3C)CC1. The van der Waals surface area contributed by atoms with Gasteiger partial charge >= 0.3 is 6.09 Å².